The van der Waals surface area contributed by atoms with E-state index >= 15 is 0 Å². The van der Waals surface area contributed by atoms with Gasteiger partial charge in [-0.2, -0.15) is 9.78 Å². The van der Waals surface area contributed by atoms with E-state index in [2.05, 4.69) is 59.8 Å². The summed E-state index contributed by atoms with van der Waals surface area (Å²) in [4.78, 5) is 18.1. The summed E-state index contributed by atoms with van der Waals surface area (Å²) in [5, 5.41) is 6.15. The third kappa shape index (κ3) is 6.05. The van der Waals surface area contributed by atoms with Gasteiger partial charge < -0.3 is 4.74 Å². The summed E-state index contributed by atoms with van der Waals surface area (Å²) in [6.07, 6.45) is 2.46. The highest BCUT2D eigenvalue weighted by Gasteiger charge is 2.16. The van der Waals surface area contributed by atoms with E-state index < -0.39 is 0 Å². The van der Waals surface area contributed by atoms with Crippen molar-refractivity contribution in [2.75, 3.05) is 0 Å². The van der Waals surface area contributed by atoms with E-state index in [1.807, 2.05) is 37.3 Å². The van der Waals surface area contributed by atoms with Gasteiger partial charge in [-0.05, 0) is 86.3 Å². The Kier molecular flexibility index (Phi) is 8.94. The Labute approximate surface area is 243 Å². The first-order valence-electron chi connectivity index (χ1n) is 11.0. The van der Waals surface area contributed by atoms with Crippen molar-refractivity contribution < 1.29 is 4.74 Å². The maximum absolute atomic E-state index is 13.3. The molecule has 5 nitrogen and oxygen atoms in total. The molecular weight excluding hydrogens is 697 g/mol. The number of aromatic nitrogens is 2. The van der Waals surface area contributed by atoms with Crippen LogP contribution in [0.15, 0.2) is 71.8 Å². The van der Waals surface area contributed by atoms with Gasteiger partial charge in [-0.3, -0.25) is 4.79 Å². The zero-order chi connectivity index (χ0) is 26.0. The van der Waals surface area contributed by atoms with Gasteiger partial charge in [-0.25, -0.2) is 4.98 Å². The zero-order valence-corrected chi connectivity index (χ0v) is 25.5. The van der Waals surface area contributed by atoms with E-state index in [0.29, 0.717) is 32.5 Å². The van der Waals surface area contributed by atoms with Crippen molar-refractivity contribution in [1.82, 2.24) is 9.66 Å². The molecule has 0 amide bonds. The largest absolute Gasteiger partial charge is 0.486 e. The van der Waals surface area contributed by atoms with Crippen LogP contribution in [0.3, 0.4) is 0 Å². The van der Waals surface area contributed by atoms with Crippen molar-refractivity contribution in [3.05, 3.63) is 99.3 Å². The number of ether oxygens (including phenoxy) is 1. The van der Waals surface area contributed by atoms with E-state index in [1.54, 1.807) is 24.4 Å². The predicted octanol–water partition coefficient (Wildman–Crippen LogP) is 8.97. The molecule has 4 aromatic rings. The lowest BCUT2D eigenvalue weighted by Crippen LogP contribution is -2.23. The van der Waals surface area contributed by atoms with Gasteiger partial charge in [0.1, 0.15) is 18.2 Å². The smallest absolute Gasteiger partial charge is 0.282 e. The molecule has 0 unspecified atom stereocenters. The highest BCUT2D eigenvalue weighted by Crippen LogP contribution is 2.35. The third-order valence-electron chi connectivity index (χ3n) is 5.62. The molecule has 0 fully saturated rings. The van der Waals surface area contributed by atoms with Crippen molar-refractivity contribution >= 4 is 88.1 Å². The molecular formula is C26H20Br3Cl2N3O2. The van der Waals surface area contributed by atoms with E-state index in [4.69, 9.17) is 32.9 Å². The lowest BCUT2D eigenvalue weighted by Gasteiger charge is -2.14. The summed E-state index contributed by atoms with van der Waals surface area (Å²) in [6, 6.07) is 14.5. The Balaban J connectivity index is 1.66. The summed E-state index contributed by atoms with van der Waals surface area (Å²) in [5.74, 6) is 1.29. The molecule has 1 aromatic heterocycles. The van der Waals surface area contributed by atoms with Gasteiger partial charge in [0.2, 0.25) is 0 Å². The second-order valence-corrected chi connectivity index (χ2v) is 11.6. The van der Waals surface area contributed by atoms with Crippen molar-refractivity contribution in [3.63, 3.8) is 0 Å². The minimum atomic E-state index is -0.217. The average Bonchev–Trinajstić information content (AvgIpc) is 2.83. The Hall–Kier alpha value is -1.71. The summed E-state index contributed by atoms with van der Waals surface area (Å²) in [5.41, 5.74) is 2.02. The molecule has 10 heteroatoms. The van der Waals surface area contributed by atoms with Crippen LogP contribution in [0.1, 0.15) is 43.1 Å². The Morgan fingerprint density at radius 2 is 1.81 bits per heavy atom. The van der Waals surface area contributed by atoms with Gasteiger partial charge >= 0.3 is 0 Å². The lowest BCUT2D eigenvalue weighted by atomic mass is 10.1. The molecule has 0 N–H and O–H groups in total. The second-order valence-electron chi connectivity index (χ2n) is 8.14. The fourth-order valence-corrected chi connectivity index (χ4v) is 5.76. The molecule has 0 saturated carbocycles. The van der Waals surface area contributed by atoms with Gasteiger partial charge in [0.05, 0.1) is 26.1 Å². The maximum Gasteiger partial charge on any atom is 0.282 e. The molecule has 1 heterocycles. The number of hydrogen-bond acceptors (Lipinski definition) is 4. The summed E-state index contributed by atoms with van der Waals surface area (Å²) >= 11 is 22.8. The molecule has 0 saturated heterocycles. The molecule has 186 valence electrons. The Morgan fingerprint density at radius 3 is 2.47 bits per heavy atom. The predicted molar refractivity (Wildman–Crippen MR) is 158 cm³/mol. The standard InChI is InChI=1S/C26H20Br3Cl2N3O2/c1-3-14(2)25-33-23-7-5-17(27)10-19(23)26(35)34(25)32-12-15-8-20(28)24(21(29)9-15)36-13-16-4-6-18(30)11-22(16)31/h4-12,14H,3,13H2,1-2H3/t14-/m0/s1. The van der Waals surface area contributed by atoms with Gasteiger partial charge in [-0.1, -0.05) is 59.0 Å². The van der Waals surface area contributed by atoms with Crippen LogP contribution >= 0.6 is 71.0 Å². The number of halogens is 5. The molecule has 0 aliphatic carbocycles. The molecule has 3 aromatic carbocycles. The number of nitrogens with zero attached hydrogens (tertiary/aromatic N) is 3. The SMILES string of the molecule is CC[C@H](C)c1nc2ccc(Br)cc2c(=O)n1N=Cc1cc(Br)c(OCc2ccc(Cl)cc2Cl)c(Br)c1. The van der Waals surface area contributed by atoms with Gasteiger partial charge in [0.15, 0.2) is 0 Å². The fraction of sp³-hybridized carbons (Fsp3) is 0.192. The zero-order valence-electron chi connectivity index (χ0n) is 19.2. The van der Waals surface area contributed by atoms with Gasteiger partial charge in [0, 0.05) is 26.0 Å². The van der Waals surface area contributed by atoms with Crippen molar-refractivity contribution in [3.8, 4) is 5.75 Å². The molecule has 1 atom stereocenters. The first kappa shape index (κ1) is 27.3. The fourth-order valence-electron chi connectivity index (χ4n) is 3.48. The van der Waals surface area contributed by atoms with Crippen LogP contribution in [0, 0.1) is 0 Å². The number of fused-ring (bicyclic) bond motifs is 1. The second kappa shape index (κ2) is 11.8. The number of benzene rings is 3. The molecule has 0 spiro atoms. The van der Waals surface area contributed by atoms with Crippen LogP contribution in [-0.4, -0.2) is 15.9 Å². The summed E-state index contributed by atoms with van der Waals surface area (Å²) in [6.45, 7) is 4.36. The topological polar surface area (TPSA) is 56.5 Å². The van der Waals surface area contributed by atoms with Crippen LogP contribution in [-0.2, 0) is 6.61 Å². The monoisotopic (exact) mass is 713 g/mol. The first-order valence-corrected chi connectivity index (χ1v) is 14.1. The molecule has 4 rings (SSSR count). The normalized spacial score (nSPS) is 12.4. The van der Waals surface area contributed by atoms with Gasteiger partial charge in [-0.15, -0.1) is 0 Å². The van der Waals surface area contributed by atoms with Gasteiger partial charge in [0.25, 0.3) is 5.56 Å². The first-order chi connectivity index (χ1) is 17.2. The van der Waals surface area contributed by atoms with Crippen LogP contribution in [0.25, 0.3) is 10.9 Å². The van der Waals surface area contributed by atoms with Crippen molar-refractivity contribution in [2.45, 2.75) is 32.8 Å². The quantitative estimate of drug-likeness (QED) is 0.180. The molecule has 0 bridgehead atoms. The highest BCUT2D eigenvalue weighted by molar-refractivity contribution is 9.11. The molecule has 36 heavy (non-hydrogen) atoms. The molecule has 0 radical (unpaired) electrons. The third-order valence-corrected chi connectivity index (χ3v) is 7.87. The summed E-state index contributed by atoms with van der Waals surface area (Å²) < 4.78 is 9.64. The van der Waals surface area contributed by atoms with Crippen LogP contribution < -0.4 is 10.3 Å². The van der Waals surface area contributed by atoms with Crippen LogP contribution in [0.4, 0.5) is 0 Å². The molecule has 0 aliphatic heterocycles. The van der Waals surface area contributed by atoms with Crippen LogP contribution in [0.2, 0.25) is 10.0 Å². The van der Waals surface area contributed by atoms with Crippen molar-refractivity contribution in [1.29, 1.82) is 0 Å². The maximum atomic E-state index is 13.3. The lowest BCUT2D eigenvalue weighted by molar-refractivity contribution is 0.302. The minimum absolute atomic E-state index is 0.0526. The number of rotatable bonds is 7. The van der Waals surface area contributed by atoms with E-state index in [1.165, 1.54) is 4.68 Å². The average molecular weight is 717 g/mol. The molecule has 0 aliphatic rings. The summed E-state index contributed by atoms with van der Waals surface area (Å²) in [7, 11) is 0. The highest BCUT2D eigenvalue weighted by atomic mass is 79.9. The van der Waals surface area contributed by atoms with E-state index in [0.717, 1.165) is 31.0 Å². The van der Waals surface area contributed by atoms with Crippen molar-refractivity contribution in [2.24, 2.45) is 5.10 Å². The minimum Gasteiger partial charge on any atom is -0.486 e. The Bertz CT molecular complexity index is 1520. The van der Waals surface area contributed by atoms with Crippen LogP contribution in [0.5, 0.6) is 5.75 Å². The Morgan fingerprint density at radius 1 is 1.08 bits per heavy atom. The van der Waals surface area contributed by atoms with E-state index in [9.17, 15) is 4.79 Å². The number of hydrogen-bond donors (Lipinski definition) is 0. The van der Waals surface area contributed by atoms with E-state index in [-0.39, 0.29) is 18.1 Å².